The second-order valence-corrected chi connectivity index (χ2v) is 13.0. The molecule has 9 heteroatoms. The van der Waals surface area contributed by atoms with Crippen LogP contribution in [0.1, 0.15) is 75.3 Å². The molecule has 8 nitrogen and oxygen atoms in total. The number of aliphatic hydroxyl groups is 1. The Bertz CT molecular complexity index is 946. The Balaban J connectivity index is 1.47. The Kier molecular flexibility index (Phi) is 14.6. The second-order valence-electron chi connectivity index (χ2n) is 11.7. The molecular formula is C33H50O8S. The van der Waals surface area contributed by atoms with Crippen molar-refractivity contribution in [2.75, 3.05) is 31.8 Å². The van der Waals surface area contributed by atoms with E-state index in [1.807, 2.05) is 0 Å². The maximum absolute atomic E-state index is 11.2. The molecule has 0 amide bonds. The third kappa shape index (κ3) is 11.2. The van der Waals surface area contributed by atoms with Gasteiger partial charge < -0.3 is 33.9 Å². The van der Waals surface area contributed by atoms with Crippen LogP contribution in [-0.4, -0.2) is 78.9 Å². The van der Waals surface area contributed by atoms with Crippen molar-refractivity contribution >= 4 is 17.7 Å². The molecule has 42 heavy (non-hydrogen) atoms. The van der Waals surface area contributed by atoms with Crippen LogP contribution in [0.2, 0.25) is 0 Å². The molecule has 0 radical (unpaired) electrons. The van der Waals surface area contributed by atoms with Gasteiger partial charge in [-0.1, -0.05) is 36.4 Å². The van der Waals surface area contributed by atoms with Crippen molar-refractivity contribution < 1.29 is 38.7 Å². The van der Waals surface area contributed by atoms with Gasteiger partial charge in [0.2, 0.25) is 0 Å². The summed E-state index contributed by atoms with van der Waals surface area (Å²) in [5.74, 6) is 1.02. The number of methoxy groups -OCH3 is 1. The van der Waals surface area contributed by atoms with Crippen LogP contribution in [0.3, 0.4) is 0 Å². The highest BCUT2D eigenvalue weighted by Gasteiger charge is 2.42. The average molecular weight is 607 g/mol. The number of hydrogen-bond donors (Lipinski definition) is 2. The summed E-state index contributed by atoms with van der Waals surface area (Å²) in [7, 11) is 1.71. The van der Waals surface area contributed by atoms with Crippen LogP contribution >= 0.6 is 11.8 Å². The number of carboxylic acid groups (broad SMARTS) is 1. The Morgan fingerprint density at radius 3 is 2.57 bits per heavy atom. The Labute approximate surface area is 255 Å². The van der Waals surface area contributed by atoms with E-state index in [1.165, 1.54) is 5.56 Å². The molecule has 1 saturated carbocycles. The highest BCUT2D eigenvalue weighted by atomic mass is 32.2. The van der Waals surface area contributed by atoms with Crippen molar-refractivity contribution in [3.63, 3.8) is 0 Å². The molecule has 0 bridgehead atoms. The Morgan fingerprint density at radius 2 is 1.86 bits per heavy atom. The van der Waals surface area contributed by atoms with Gasteiger partial charge in [0.05, 0.1) is 24.9 Å². The van der Waals surface area contributed by atoms with Crippen molar-refractivity contribution in [3.8, 4) is 0 Å². The number of aliphatic hydroxyl groups excluding tert-OH is 1. The molecule has 3 fully saturated rings. The lowest BCUT2D eigenvalue weighted by Gasteiger charge is -2.30. The zero-order valence-electron chi connectivity index (χ0n) is 25.1. The van der Waals surface area contributed by atoms with Crippen molar-refractivity contribution in [3.05, 3.63) is 47.5 Å². The topological polar surface area (TPSA) is 104 Å². The van der Waals surface area contributed by atoms with Crippen LogP contribution in [0.4, 0.5) is 0 Å². The van der Waals surface area contributed by atoms with Gasteiger partial charge in [0.1, 0.15) is 0 Å². The Hall–Kier alpha value is -1.46. The molecule has 2 heterocycles. The largest absolute Gasteiger partial charge is 0.481 e. The van der Waals surface area contributed by atoms with E-state index in [-0.39, 0.29) is 43.0 Å². The predicted molar refractivity (Wildman–Crippen MR) is 163 cm³/mol. The van der Waals surface area contributed by atoms with Crippen LogP contribution in [-0.2, 0) is 41.5 Å². The number of rotatable bonds is 17. The fraction of sp³-hybridized carbons (Fsp3) is 0.727. The molecule has 2 saturated heterocycles. The standard InChI is InChI=1S/C33H50O8S/c1-37-23-25-9-6-8-24(20-25)21-26(40-32-11-2-4-16-38-32)13-14-28-27(15-19-42-18-7-10-31(35)36)29(34)22-30(28)41-33-12-3-5-17-39-33/h6,8-9,13-14,20,26-30,32-34H,2-5,7,10-12,15-19,21-23H2,1H3,(H,35,36)/b14-13+/t26-,27-,28-,29+,30-,32?,33?/m1/s1. The summed E-state index contributed by atoms with van der Waals surface area (Å²) >= 11 is 1.76. The highest BCUT2D eigenvalue weighted by Crippen LogP contribution is 2.40. The molecule has 2 unspecified atom stereocenters. The van der Waals surface area contributed by atoms with Crippen molar-refractivity contribution in [1.29, 1.82) is 0 Å². The van der Waals surface area contributed by atoms with Gasteiger partial charge in [-0.3, -0.25) is 4.79 Å². The SMILES string of the molecule is COCc1cccc(C[C@@H](/C=C/[C@@H]2[C@@H](CCSCCCC(=O)O)[C@@H](O)C[C@H]2OC2CCCCO2)OC2CCCCO2)c1. The number of benzene rings is 1. The van der Waals surface area contributed by atoms with Gasteiger partial charge in [0.25, 0.3) is 0 Å². The smallest absolute Gasteiger partial charge is 0.303 e. The van der Waals surface area contributed by atoms with E-state index in [0.717, 1.165) is 75.2 Å². The zero-order valence-corrected chi connectivity index (χ0v) is 25.9. The quantitative estimate of drug-likeness (QED) is 0.170. The molecule has 1 aliphatic carbocycles. The van der Waals surface area contributed by atoms with Crippen LogP contribution in [0, 0.1) is 11.8 Å². The van der Waals surface area contributed by atoms with Gasteiger partial charge >= 0.3 is 5.97 Å². The third-order valence-electron chi connectivity index (χ3n) is 8.38. The van der Waals surface area contributed by atoms with Crippen LogP contribution < -0.4 is 0 Å². The van der Waals surface area contributed by atoms with E-state index in [9.17, 15) is 9.90 Å². The summed E-state index contributed by atoms with van der Waals surface area (Å²) in [5, 5.41) is 20.1. The van der Waals surface area contributed by atoms with E-state index in [2.05, 4.69) is 36.4 Å². The first-order valence-corrected chi connectivity index (χ1v) is 16.9. The van der Waals surface area contributed by atoms with Crippen molar-refractivity contribution in [1.82, 2.24) is 0 Å². The van der Waals surface area contributed by atoms with Gasteiger partial charge in [-0.2, -0.15) is 11.8 Å². The van der Waals surface area contributed by atoms with E-state index >= 15 is 0 Å². The first-order valence-electron chi connectivity index (χ1n) is 15.8. The molecular weight excluding hydrogens is 556 g/mol. The number of hydrogen-bond acceptors (Lipinski definition) is 8. The summed E-state index contributed by atoms with van der Waals surface area (Å²) in [6.07, 6.45) is 12.3. The van der Waals surface area contributed by atoms with Crippen molar-refractivity contribution in [2.45, 2.75) is 108 Å². The number of carboxylic acids is 1. The molecule has 1 aromatic carbocycles. The van der Waals surface area contributed by atoms with Gasteiger partial charge in [0, 0.05) is 45.5 Å². The highest BCUT2D eigenvalue weighted by molar-refractivity contribution is 7.99. The van der Waals surface area contributed by atoms with E-state index < -0.39 is 12.1 Å². The number of aliphatic carboxylic acids is 1. The summed E-state index contributed by atoms with van der Waals surface area (Å²) in [6, 6.07) is 8.43. The van der Waals surface area contributed by atoms with Gasteiger partial charge in [0.15, 0.2) is 12.6 Å². The van der Waals surface area contributed by atoms with Gasteiger partial charge in [-0.15, -0.1) is 0 Å². The second kappa shape index (κ2) is 18.4. The summed E-state index contributed by atoms with van der Waals surface area (Å²) in [4.78, 5) is 10.8. The minimum atomic E-state index is -0.752. The number of thioether (sulfide) groups is 1. The monoisotopic (exact) mass is 606 g/mol. The first-order chi connectivity index (χ1) is 20.5. The first kappa shape index (κ1) is 33.4. The van der Waals surface area contributed by atoms with Crippen molar-refractivity contribution in [2.24, 2.45) is 11.8 Å². The maximum Gasteiger partial charge on any atom is 0.303 e. The van der Waals surface area contributed by atoms with Crippen LogP contribution in [0.5, 0.6) is 0 Å². The molecule has 2 aliphatic heterocycles. The van der Waals surface area contributed by atoms with Gasteiger partial charge in [-0.05, 0) is 79.9 Å². The lowest BCUT2D eigenvalue weighted by Crippen LogP contribution is -2.31. The molecule has 3 aliphatic rings. The fourth-order valence-electron chi connectivity index (χ4n) is 6.23. The third-order valence-corrected chi connectivity index (χ3v) is 9.48. The normalized spacial score (nSPS) is 29.2. The fourth-order valence-corrected chi connectivity index (χ4v) is 7.22. The Morgan fingerprint density at radius 1 is 1.10 bits per heavy atom. The van der Waals surface area contributed by atoms with Crippen LogP contribution in [0.25, 0.3) is 0 Å². The maximum atomic E-state index is 11.2. The summed E-state index contributed by atoms with van der Waals surface area (Å²) in [6.45, 7) is 2.01. The predicted octanol–water partition coefficient (Wildman–Crippen LogP) is 5.74. The number of carbonyl (C=O) groups is 1. The number of ether oxygens (including phenoxy) is 5. The minimum Gasteiger partial charge on any atom is -0.481 e. The molecule has 4 rings (SSSR count). The average Bonchev–Trinajstić information content (AvgIpc) is 3.28. The molecule has 236 valence electrons. The lowest BCUT2D eigenvalue weighted by molar-refractivity contribution is -0.193. The molecule has 1 aromatic rings. The summed E-state index contributed by atoms with van der Waals surface area (Å²) < 4.78 is 30.2. The molecule has 2 N–H and O–H groups in total. The summed E-state index contributed by atoms with van der Waals surface area (Å²) in [5.41, 5.74) is 2.31. The van der Waals surface area contributed by atoms with Gasteiger partial charge in [-0.25, -0.2) is 0 Å². The molecule has 7 atom stereocenters. The minimum absolute atomic E-state index is 0.0309. The zero-order chi connectivity index (χ0) is 29.6. The van der Waals surface area contributed by atoms with E-state index in [1.54, 1.807) is 18.9 Å². The van der Waals surface area contributed by atoms with E-state index in [0.29, 0.717) is 25.9 Å². The molecule has 0 spiro atoms. The van der Waals surface area contributed by atoms with E-state index in [4.69, 9.17) is 28.8 Å². The molecule has 0 aromatic heterocycles. The lowest BCUT2D eigenvalue weighted by atomic mass is 9.90. The van der Waals surface area contributed by atoms with Crippen LogP contribution in [0.15, 0.2) is 36.4 Å².